The highest BCUT2D eigenvalue weighted by molar-refractivity contribution is 5.87. The molecule has 0 radical (unpaired) electrons. The number of hydrogen-bond acceptors (Lipinski definition) is 3. The van der Waals surface area contributed by atoms with Crippen LogP contribution in [0.1, 0.15) is 28.4 Å². The Balaban J connectivity index is 2.38. The van der Waals surface area contributed by atoms with Crippen molar-refractivity contribution in [2.24, 2.45) is 11.7 Å². The van der Waals surface area contributed by atoms with Crippen molar-refractivity contribution in [3.63, 3.8) is 0 Å². The Labute approximate surface area is 109 Å². The van der Waals surface area contributed by atoms with E-state index < -0.39 is 23.6 Å². The van der Waals surface area contributed by atoms with E-state index in [4.69, 9.17) is 10.8 Å². The number of aromatic carboxylic acids is 1. The molecular formula is C13H16F2N2O2. The van der Waals surface area contributed by atoms with E-state index in [0.29, 0.717) is 19.5 Å². The van der Waals surface area contributed by atoms with E-state index in [-0.39, 0.29) is 17.0 Å². The molecule has 0 amide bonds. The van der Waals surface area contributed by atoms with Crippen LogP contribution in [0.25, 0.3) is 0 Å². The van der Waals surface area contributed by atoms with Gasteiger partial charge in [0.2, 0.25) is 0 Å². The molecule has 0 spiro atoms. The molecular weight excluding hydrogens is 254 g/mol. The maximum Gasteiger partial charge on any atom is 0.335 e. The summed E-state index contributed by atoms with van der Waals surface area (Å²) in [5.74, 6) is -2.77. The smallest absolute Gasteiger partial charge is 0.335 e. The van der Waals surface area contributed by atoms with Crippen LogP contribution in [0.3, 0.4) is 0 Å². The number of nitrogens with two attached hydrogens (primary N) is 1. The fraction of sp³-hybridized carbons (Fsp3) is 0.462. The largest absolute Gasteiger partial charge is 0.478 e. The summed E-state index contributed by atoms with van der Waals surface area (Å²) in [4.78, 5) is 12.6. The van der Waals surface area contributed by atoms with Crippen LogP contribution in [0, 0.1) is 17.6 Å². The third-order valence-corrected chi connectivity index (χ3v) is 3.63. The number of nitrogens with zero attached hydrogens (tertiary/aromatic N) is 1. The topological polar surface area (TPSA) is 66.6 Å². The van der Waals surface area contributed by atoms with Gasteiger partial charge in [0, 0.05) is 18.2 Å². The fourth-order valence-corrected chi connectivity index (χ4v) is 2.64. The quantitative estimate of drug-likeness (QED) is 0.875. The van der Waals surface area contributed by atoms with E-state index in [0.717, 1.165) is 12.1 Å². The standard InChI is InChI=1S/C13H16F2N2O2/c1-17-6-7(5-16)2-11(17)12-9(14)3-8(13(18)19)4-10(12)15/h3-4,7,11H,2,5-6,16H2,1H3,(H,18,19). The fourth-order valence-electron chi connectivity index (χ4n) is 2.64. The van der Waals surface area contributed by atoms with E-state index in [1.807, 2.05) is 4.90 Å². The highest BCUT2D eigenvalue weighted by Gasteiger charge is 2.33. The van der Waals surface area contributed by atoms with Crippen molar-refractivity contribution in [3.8, 4) is 0 Å². The van der Waals surface area contributed by atoms with E-state index in [1.54, 1.807) is 7.05 Å². The molecule has 1 aromatic rings. The highest BCUT2D eigenvalue weighted by atomic mass is 19.1. The highest BCUT2D eigenvalue weighted by Crippen LogP contribution is 2.36. The Morgan fingerprint density at radius 1 is 1.47 bits per heavy atom. The molecule has 0 aromatic heterocycles. The number of rotatable bonds is 3. The van der Waals surface area contributed by atoms with Gasteiger partial charge in [0.25, 0.3) is 0 Å². The van der Waals surface area contributed by atoms with Gasteiger partial charge in [-0.3, -0.25) is 4.90 Å². The van der Waals surface area contributed by atoms with Gasteiger partial charge in [-0.25, -0.2) is 13.6 Å². The minimum atomic E-state index is -1.34. The van der Waals surface area contributed by atoms with Crippen molar-refractivity contribution in [3.05, 3.63) is 34.9 Å². The zero-order valence-electron chi connectivity index (χ0n) is 10.6. The molecule has 6 heteroatoms. The lowest BCUT2D eigenvalue weighted by molar-refractivity contribution is 0.0695. The summed E-state index contributed by atoms with van der Waals surface area (Å²) in [5.41, 5.74) is 5.14. The Morgan fingerprint density at radius 2 is 2.05 bits per heavy atom. The first kappa shape index (κ1) is 13.9. The summed E-state index contributed by atoms with van der Waals surface area (Å²) in [5, 5.41) is 8.76. The third kappa shape index (κ3) is 2.59. The van der Waals surface area contributed by atoms with Gasteiger partial charge < -0.3 is 10.8 Å². The molecule has 0 saturated carbocycles. The first-order valence-corrected chi connectivity index (χ1v) is 6.06. The molecule has 3 N–H and O–H groups in total. The van der Waals surface area contributed by atoms with Gasteiger partial charge in [0.05, 0.1) is 5.56 Å². The summed E-state index contributed by atoms with van der Waals surface area (Å²) in [7, 11) is 1.78. The lowest BCUT2D eigenvalue weighted by atomic mass is 9.97. The van der Waals surface area contributed by atoms with E-state index in [1.165, 1.54) is 0 Å². The number of hydrogen-bond donors (Lipinski definition) is 2. The molecule has 19 heavy (non-hydrogen) atoms. The summed E-state index contributed by atoms with van der Waals surface area (Å²) in [6, 6.07) is 1.34. The molecule has 2 atom stereocenters. The second-order valence-electron chi connectivity index (χ2n) is 4.95. The number of benzene rings is 1. The van der Waals surface area contributed by atoms with Crippen LogP contribution in [0.2, 0.25) is 0 Å². The van der Waals surface area contributed by atoms with Crippen molar-refractivity contribution in [1.82, 2.24) is 4.90 Å². The van der Waals surface area contributed by atoms with E-state index >= 15 is 0 Å². The number of halogens is 2. The zero-order valence-corrected chi connectivity index (χ0v) is 10.6. The molecule has 2 unspecified atom stereocenters. The lowest BCUT2D eigenvalue weighted by Gasteiger charge is -2.21. The van der Waals surface area contributed by atoms with Crippen LogP contribution in [-0.4, -0.2) is 36.1 Å². The van der Waals surface area contributed by atoms with Crippen LogP contribution < -0.4 is 5.73 Å². The first-order chi connectivity index (χ1) is 8.93. The van der Waals surface area contributed by atoms with Crippen molar-refractivity contribution in [1.29, 1.82) is 0 Å². The Bertz CT molecular complexity index is 484. The van der Waals surface area contributed by atoms with Crippen LogP contribution in [0.5, 0.6) is 0 Å². The maximum atomic E-state index is 14.0. The monoisotopic (exact) mass is 270 g/mol. The molecule has 1 fully saturated rings. The molecule has 104 valence electrons. The van der Waals surface area contributed by atoms with E-state index in [9.17, 15) is 13.6 Å². The van der Waals surface area contributed by atoms with Gasteiger partial charge >= 0.3 is 5.97 Å². The normalized spacial score (nSPS) is 23.8. The van der Waals surface area contributed by atoms with Crippen molar-refractivity contribution < 1.29 is 18.7 Å². The SMILES string of the molecule is CN1CC(CN)CC1c1c(F)cc(C(=O)O)cc1F. The summed E-state index contributed by atoms with van der Waals surface area (Å²) >= 11 is 0. The van der Waals surface area contributed by atoms with E-state index in [2.05, 4.69) is 0 Å². The van der Waals surface area contributed by atoms with Gasteiger partial charge in [-0.05, 0) is 38.1 Å². The molecule has 1 aromatic carbocycles. The number of carboxylic acid groups (broad SMARTS) is 1. The zero-order chi connectivity index (χ0) is 14.2. The van der Waals surface area contributed by atoms with Crippen molar-refractivity contribution in [2.75, 3.05) is 20.1 Å². The molecule has 1 saturated heterocycles. The molecule has 0 aliphatic carbocycles. The van der Waals surface area contributed by atoms with Gasteiger partial charge in [-0.2, -0.15) is 0 Å². The van der Waals surface area contributed by atoms with Crippen LogP contribution in [0.15, 0.2) is 12.1 Å². The number of carbonyl (C=O) groups is 1. The predicted octanol–water partition coefficient (Wildman–Crippen LogP) is 1.61. The second kappa shape index (κ2) is 5.22. The molecule has 0 bridgehead atoms. The van der Waals surface area contributed by atoms with Gasteiger partial charge in [0.15, 0.2) is 0 Å². The first-order valence-electron chi connectivity index (χ1n) is 6.06. The number of carboxylic acids is 1. The van der Waals surface area contributed by atoms with Crippen molar-refractivity contribution in [2.45, 2.75) is 12.5 Å². The average molecular weight is 270 g/mol. The molecule has 1 aliphatic rings. The predicted molar refractivity (Wildman–Crippen MR) is 65.8 cm³/mol. The van der Waals surface area contributed by atoms with Crippen molar-refractivity contribution >= 4 is 5.97 Å². The Hall–Kier alpha value is -1.53. The summed E-state index contributed by atoms with van der Waals surface area (Å²) in [6.07, 6.45) is 0.577. The molecule has 2 rings (SSSR count). The summed E-state index contributed by atoms with van der Waals surface area (Å²) < 4.78 is 27.9. The Kier molecular flexibility index (Phi) is 3.82. The van der Waals surface area contributed by atoms with Crippen LogP contribution in [-0.2, 0) is 0 Å². The average Bonchev–Trinajstić information content (AvgIpc) is 2.70. The van der Waals surface area contributed by atoms with Gasteiger partial charge in [-0.1, -0.05) is 0 Å². The minimum Gasteiger partial charge on any atom is -0.478 e. The summed E-state index contributed by atoms with van der Waals surface area (Å²) in [6.45, 7) is 1.15. The van der Waals surface area contributed by atoms with Crippen LogP contribution >= 0.6 is 0 Å². The lowest BCUT2D eigenvalue weighted by Crippen LogP contribution is -2.22. The number of likely N-dealkylation sites (tertiary alicyclic amines) is 1. The second-order valence-corrected chi connectivity index (χ2v) is 4.95. The Morgan fingerprint density at radius 3 is 2.47 bits per heavy atom. The minimum absolute atomic E-state index is 0.0662. The molecule has 1 aliphatic heterocycles. The maximum absolute atomic E-state index is 14.0. The molecule has 4 nitrogen and oxygen atoms in total. The molecule has 1 heterocycles. The third-order valence-electron chi connectivity index (χ3n) is 3.63. The van der Waals surface area contributed by atoms with Gasteiger partial charge in [-0.15, -0.1) is 0 Å². The van der Waals surface area contributed by atoms with Crippen LogP contribution in [0.4, 0.5) is 8.78 Å². The van der Waals surface area contributed by atoms with Gasteiger partial charge in [0.1, 0.15) is 11.6 Å².